The van der Waals surface area contributed by atoms with Crippen LogP contribution in [0.15, 0.2) is 24.3 Å². The Morgan fingerprint density at radius 1 is 1.29 bits per heavy atom. The molecule has 0 saturated carbocycles. The zero-order valence-electron chi connectivity index (χ0n) is 10.8. The van der Waals surface area contributed by atoms with E-state index < -0.39 is 0 Å². The third-order valence-corrected chi connectivity index (χ3v) is 2.95. The highest BCUT2D eigenvalue weighted by Crippen LogP contribution is 2.15. The normalized spacial score (nSPS) is 12.6. The number of methoxy groups -OCH3 is 1. The lowest BCUT2D eigenvalue weighted by Gasteiger charge is -2.15. The third-order valence-electron chi connectivity index (χ3n) is 2.95. The molecule has 0 spiro atoms. The molecule has 96 valence electrons. The molecule has 0 heterocycles. The van der Waals surface area contributed by atoms with Crippen LogP contribution in [0.25, 0.3) is 0 Å². The van der Waals surface area contributed by atoms with E-state index in [4.69, 9.17) is 4.74 Å². The van der Waals surface area contributed by atoms with Gasteiger partial charge in [0.05, 0.1) is 6.61 Å². The molecular formula is C14H23NO2. The van der Waals surface area contributed by atoms with Gasteiger partial charge in [-0.1, -0.05) is 25.5 Å². The minimum absolute atomic E-state index is 0.333. The quantitative estimate of drug-likeness (QED) is 0.681. The number of hydrogen-bond donors (Lipinski definition) is 2. The van der Waals surface area contributed by atoms with Gasteiger partial charge in [0.1, 0.15) is 5.75 Å². The monoisotopic (exact) mass is 237 g/mol. The average Bonchev–Trinajstić information content (AvgIpc) is 2.35. The van der Waals surface area contributed by atoms with Crippen molar-refractivity contribution in [1.29, 1.82) is 0 Å². The molecule has 0 aliphatic heterocycles. The van der Waals surface area contributed by atoms with Gasteiger partial charge in [0, 0.05) is 13.7 Å². The third kappa shape index (κ3) is 5.71. The van der Waals surface area contributed by atoms with Crippen molar-refractivity contribution >= 4 is 0 Å². The molecule has 0 saturated heterocycles. The van der Waals surface area contributed by atoms with Crippen molar-refractivity contribution in [3.8, 4) is 5.75 Å². The smallest absolute Gasteiger partial charge is 0.115 e. The first kappa shape index (κ1) is 14.0. The Kier molecular flexibility index (Phi) is 6.67. The molecule has 0 aromatic heterocycles. The van der Waals surface area contributed by atoms with Gasteiger partial charge in [0.15, 0.2) is 0 Å². The number of benzene rings is 1. The van der Waals surface area contributed by atoms with E-state index in [0.717, 1.165) is 32.5 Å². The van der Waals surface area contributed by atoms with Crippen molar-refractivity contribution in [1.82, 2.24) is 5.32 Å². The summed E-state index contributed by atoms with van der Waals surface area (Å²) in [6.45, 7) is 4.89. The number of aromatic hydroxyl groups is 1. The number of hydrogen-bond acceptors (Lipinski definition) is 3. The van der Waals surface area contributed by atoms with Crippen LogP contribution in [0.5, 0.6) is 5.75 Å². The lowest BCUT2D eigenvalue weighted by molar-refractivity contribution is 0.197. The van der Waals surface area contributed by atoms with Gasteiger partial charge in [0.25, 0.3) is 0 Å². The molecule has 0 aliphatic carbocycles. The molecule has 1 aromatic rings. The van der Waals surface area contributed by atoms with Crippen LogP contribution in [0.3, 0.4) is 0 Å². The molecule has 1 rings (SSSR count). The molecule has 0 amide bonds. The molecule has 1 unspecified atom stereocenters. The summed E-state index contributed by atoms with van der Waals surface area (Å²) in [6.07, 6.45) is 2.21. The Morgan fingerprint density at radius 3 is 2.59 bits per heavy atom. The summed E-state index contributed by atoms with van der Waals surface area (Å²) in [6, 6.07) is 7.49. The Balaban J connectivity index is 2.33. The fraction of sp³-hybridized carbons (Fsp3) is 0.571. The van der Waals surface area contributed by atoms with Crippen molar-refractivity contribution in [2.24, 2.45) is 5.92 Å². The van der Waals surface area contributed by atoms with E-state index in [-0.39, 0.29) is 0 Å². The molecular weight excluding hydrogens is 214 g/mol. The van der Waals surface area contributed by atoms with E-state index in [1.165, 1.54) is 5.56 Å². The predicted molar refractivity (Wildman–Crippen MR) is 70.3 cm³/mol. The molecule has 3 nitrogen and oxygen atoms in total. The summed E-state index contributed by atoms with van der Waals surface area (Å²) in [4.78, 5) is 0. The zero-order chi connectivity index (χ0) is 12.5. The van der Waals surface area contributed by atoms with Crippen LogP contribution in [-0.2, 0) is 11.2 Å². The second-order valence-electron chi connectivity index (χ2n) is 4.34. The molecule has 0 fully saturated rings. The summed E-state index contributed by atoms with van der Waals surface area (Å²) in [5.41, 5.74) is 1.28. The summed E-state index contributed by atoms with van der Waals surface area (Å²) in [5.74, 6) is 0.969. The van der Waals surface area contributed by atoms with Crippen molar-refractivity contribution in [2.75, 3.05) is 26.8 Å². The predicted octanol–water partition coefficient (Wildman–Crippen LogP) is 2.20. The Bertz CT molecular complexity index is 298. The molecule has 1 atom stereocenters. The maximum atomic E-state index is 9.22. The first-order valence-electron chi connectivity index (χ1n) is 6.23. The number of rotatable bonds is 8. The van der Waals surface area contributed by atoms with E-state index in [2.05, 4.69) is 12.2 Å². The van der Waals surface area contributed by atoms with Gasteiger partial charge in [-0.25, -0.2) is 0 Å². The summed E-state index contributed by atoms with van der Waals surface area (Å²) >= 11 is 0. The minimum Gasteiger partial charge on any atom is -0.508 e. The molecule has 0 bridgehead atoms. The largest absolute Gasteiger partial charge is 0.508 e. The van der Waals surface area contributed by atoms with Crippen LogP contribution in [0.4, 0.5) is 0 Å². The molecule has 0 radical (unpaired) electrons. The van der Waals surface area contributed by atoms with E-state index in [9.17, 15) is 5.11 Å². The fourth-order valence-corrected chi connectivity index (χ4v) is 1.81. The molecule has 1 aromatic carbocycles. The summed E-state index contributed by atoms with van der Waals surface area (Å²) in [7, 11) is 1.72. The van der Waals surface area contributed by atoms with E-state index >= 15 is 0 Å². The van der Waals surface area contributed by atoms with Gasteiger partial charge < -0.3 is 15.2 Å². The SMILES string of the molecule is CCC(CNCCOC)Cc1ccc(O)cc1. The van der Waals surface area contributed by atoms with Crippen LogP contribution in [0, 0.1) is 5.92 Å². The van der Waals surface area contributed by atoms with E-state index in [0.29, 0.717) is 11.7 Å². The molecule has 3 heteroatoms. The number of phenols is 1. The van der Waals surface area contributed by atoms with Crippen molar-refractivity contribution < 1.29 is 9.84 Å². The Labute approximate surface area is 104 Å². The van der Waals surface area contributed by atoms with Gasteiger partial charge in [-0.3, -0.25) is 0 Å². The highest BCUT2D eigenvalue weighted by Gasteiger charge is 2.07. The lowest BCUT2D eigenvalue weighted by Crippen LogP contribution is -2.26. The van der Waals surface area contributed by atoms with Gasteiger partial charge >= 0.3 is 0 Å². The zero-order valence-corrected chi connectivity index (χ0v) is 10.8. The molecule has 17 heavy (non-hydrogen) atoms. The Morgan fingerprint density at radius 2 is 2.00 bits per heavy atom. The van der Waals surface area contributed by atoms with Gasteiger partial charge in [0.2, 0.25) is 0 Å². The topological polar surface area (TPSA) is 41.5 Å². The number of nitrogens with one attached hydrogen (secondary N) is 1. The Hall–Kier alpha value is -1.06. The second-order valence-corrected chi connectivity index (χ2v) is 4.34. The highest BCUT2D eigenvalue weighted by atomic mass is 16.5. The lowest BCUT2D eigenvalue weighted by atomic mass is 9.97. The van der Waals surface area contributed by atoms with Gasteiger partial charge in [-0.2, -0.15) is 0 Å². The maximum Gasteiger partial charge on any atom is 0.115 e. The van der Waals surface area contributed by atoms with Crippen molar-refractivity contribution in [2.45, 2.75) is 19.8 Å². The number of ether oxygens (including phenoxy) is 1. The first-order valence-corrected chi connectivity index (χ1v) is 6.23. The minimum atomic E-state index is 0.333. The number of phenolic OH excluding ortho intramolecular Hbond substituents is 1. The van der Waals surface area contributed by atoms with Crippen molar-refractivity contribution in [3.63, 3.8) is 0 Å². The first-order chi connectivity index (χ1) is 8.26. The fourth-order valence-electron chi connectivity index (χ4n) is 1.81. The van der Waals surface area contributed by atoms with Crippen molar-refractivity contribution in [3.05, 3.63) is 29.8 Å². The summed E-state index contributed by atoms with van der Waals surface area (Å²) < 4.78 is 5.00. The van der Waals surface area contributed by atoms with Gasteiger partial charge in [-0.15, -0.1) is 0 Å². The maximum absolute atomic E-state index is 9.22. The van der Waals surface area contributed by atoms with Crippen LogP contribution in [0.1, 0.15) is 18.9 Å². The summed E-state index contributed by atoms with van der Waals surface area (Å²) in [5, 5.41) is 12.6. The van der Waals surface area contributed by atoms with Crippen LogP contribution < -0.4 is 5.32 Å². The average molecular weight is 237 g/mol. The van der Waals surface area contributed by atoms with Crippen LogP contribution in [-0.4, -0.2) is 31.9 Å². The van der Waals surface area contributed by atoms with E-state index in [1.807, 2.05) is 12.1 Å². The molecule has 2 N–H and O–H groups in total. The molecule has 0 aliphatic rings. The van der Waals surface area contributed by atoms with E-state index in [1.54, 1.807) is 19.2 Å². The van der Waals surface area contributed by atoms with Crippen LogP contribution in [0.2, 0.25) is 0 Å². The highest BCUT2D eigenvalue weighted by molar-refractivity contribution is 5.26. The van der Waals surface area contributed by atoms with Gasteiger partial charge in [-0.05, 0) is 36.6 Å². The second kappa shape index (κ2) is 8.09. The van der Waals surface area contributed by atoms with Crippen LogP contribution >= 0.6 is 0 Å². The standard InChI is InChI=1S/C14H23NO2/c1-3-12(11-15-8-9-17-2)10-13-4-6-14(16)7-5-13/h4-7,12,15-16H,3,8-11H2,1-2H3.